The number of hydrogen-bond donors (Lipinski definition) is 3. The number of aryl methyl sites for hydroxylation is 1. The molecule has 1 fully saturated rings. The zero-order valence-electron chi connectivity index (χ0n) is 13.2. The summed E-state index contributed by atoms with van der Waals surface area (Å²) in [4.78, 5) is 28.3. The minimum atomic E-state index is -5.08. The second-order valence-electron chi connectivity index (χ2n) is 5.38. The van der Waals surface area contributed by atoms with E-state index in [0.717, 1.165) is 35.7 Å². The van der Waals surface area contributed by atoms with Gasteiger partial charge in [0, 0.05) is 18.3 Å². The highest BCUT2D eigenvalue weighted by molar-refractivity contribution is 7.99. The van der Waals surface area contributed by atoms with Crippen molar-refractivity contribution in [2.75, 3.05) is 13.1 Å². The molecule has 25 heavy (non-hydrogen) atoms. The van der Waals surface area contributed by atoms with Gasteiger partial charge in [-0.05, 0) is 18.6 Å². The van der Waals surface area contributed by atoms with Gasteiger partial charge in [0.15, 0.2) is 0 Å². The molecule has 0 aliphatic carbocycles. The first-order chi connectivity index (χ1) is 11.7. The number of aromatic amines is 1. The number of carbonyl (C=O) groups is 1. The van der Waals surface area contributed by atoms with Crippen LogP contribution in [0.2, 0.25) is 0 Å². The second kappa shape index (κ2) is 7.87. The molecule has 0 unspecified atom stereocenters. The van der Waals surface area contributed by atoms with E-state index in [1.54, 1.807) is 0 Å². The number of alkyl halides is 3. The fourth-order valence-corrected chi connectivity index (χ4v) is 3.00. The molecule has 0 atom stereocenters. The quantitative estimate of drug-likeness (QED) is 0.760. The first-order valence-corrected chi connectivity index (χ1v) is 8.34. The summed E-state index contributed by atoms with van der Waals surface area (Å²) in [5.74, 6) is -1.21. The van der Waals surface area contributed by atoms with Crippen LogP contribution in [0, 0.1) is 6.92 Å². The summed E-state index contributed by atoms with van der Waals surface area (Å²) in [5.41, 5.74) is 1.84. The SMILES string of the molecule is Cc1cccc2c(=O)[nH]c(CSC3CNC3)nc12.O=C(O)C(F)(F)F. The van der Waals surface area contributed by atoms with Crippen molar-refractivity contribution in [1.82, 2.24) is 15.3 Å². The minimum Gasteiger partial charge on any atom is -0.475 e. The third-order valence-electron chi connectivity index (χ3n) is 3.43. The van der Waals surface area contributed by atoms with Gasteiger partial charge in [-0.2, -0.15) is 13.2 Å². The number of nitrogens with zero attached hydrogens (tertiary/aromatic N) is 1. The Kier molecular flexibility index (Phi) is 6.07. The van der Waals surface area contributed by atoms with Crippen LogP contribution in [0.25, 0.3) is 10.9 Å². The van der Waals surface area contributed by atoms with E-state index < -0.39 is 12.1 Å². The van der Waals surface area contributed by atoms with Crippen LogP contribution >= 0.6 is 11.8 Å². The molecule has 0 radical (unpaired) electrons. The molecule has 1 aromatic carbocycles. The maximum Gasteiger partial charge on any atom is 0.490 e. The highest BCUT2D eigenvalue weighted by atomic mass is 32.2. The fourth-order valence-electron chi connectivity index (χ4n) is 2.00. The van der Waals surface area contributed by atoms with Gasteiger partial charge in [0.25, 0.3) is 5.56 Å². The van der Waals surface area contributed by atoms with Crippen molar-refractivity contribution in [2.24, 2.45) is 0 Å². The highest BCUT2D eigenvalue weighted by Crippen LogP contribution is 2.19. The third kappa shape index (κ3) is 5.20. The molecule has 1 aliphatic heterocycles. The maximum absolute atomic E-state index is 12.0. The molecule has 0 saturated carbocycles. The van der Waals surface area contributed by atoms with Crippen molar-refractivity contribution in [3.63, 3.8) is 0 Å². The van der Waals surface area contributed by atoms with Gasteiger partial charge in [-0.3, -0.25) is 4.79 Å². The van der Waals surface area contributed by atoms with Crippen molar-refractivity contribution in [3.8, 4) is 0 Å². The van der Waals surface area contributed by atoms with E-state index in [9.17, 15) is 18.0 Å². The number of para-hydroxylation sites is 1. The number of fused-ring (bicyclic) bond motifs is 1. The number of H-pyrrole nitrogens is 1. The molecule has 1 aliphatic rings. The number of rotatable bonds is 3. The second-order valence-corrected chi connectivity index (χ2v) is 6.67. The van der Waals surface area contributed by atoms with Gasteiger partial charge in [-0.25, -0.2) is 9.78 Å². The lowest BCUT2D eigenvalue weighted by Crippen LogP contribution is -2.44. The average molecular weight is 375 g/mol. The van der Waals surface area contributed by atoms with Crippen LogP contribution in [0.3, 0.4) is 0 Å². The highest BCUT2D eigenvalue weighted by Gasteiger charge is 2.38. The van der Waals surface area contributed by atoms with Crippen molar-refractivity contribution in [1.29, 1.82) is 0 Å². The Morgan fingerprint density at radius 3 is 2.56 bits per heavy atom. The molecule has 136 valence electrons. The van der Waals surface area contributed by atoms with Crippen LogP contribution in [-0.4, -0.2) is 45.6 Å². The van der Waals surface area contributed by atoms with Crippen LogP contribution in [-0.2, 0) is 10.5 Å². The van der Waals surface area contributed by atoms with Gasteiger partial charge < -0.3 is 15.4 Å². The normalized spacial score (nSPS) is 14.6. The Labute approximate surface area is 144 Å². The van der Waals surface area contributed by atoms with E-state index in [1.807, 2.05) is 36.9 Å². The monoisotopic (exact) mass is 375 g/mol. The number of aliphatic carboxylic acids is 1. The lowest BCUT2D eigenvalue weighted by atomic mass is 10.1. The van der Waals surface area contributed by atoms with Gasteiger partial charge in [0.1, 0.15) is 5.82 Å². The fraction of sp³-hybridized carbons (Fsp3) is 0.400. The molecular weight excluding hydrogens is 359 g/mol. The summed E-state index contributed by atoms with van der Waals surface area (Å²) in [6.45, 7) is 4.10. The topological polar surface area (TPSA) is 95.1 Å². The number of aromatic nitrogens is 2. The molecule has 6 nitrogen and oxygen atoms in total. The minimum absolute atomic E-state index is 0.0361. The molecule has 1 saturated heterocycles. The molecule has 3 rings (SSSR count). The lowest BCUT2D eigenvalue weighted by molar-refractivity contribution is -0.192. The molecule has 10 heteroatoms. The van der Waals surface area contributed by atoms with E-state index >= 15 is 0 Å². The van der Waals surface area contributed by atoms with Crippen LogP contribution in [0.1, 0.15) is 11.4 Å². The largest absolute Gasteiger partial charge is 0.490 e. The van der Waals surface area contributed by atoms with Gasteiger partial charge >= 0.3 is 12.1 Å². The first-order valence-electron chi connectivity index (χ1n) is 7.29. The summed E-state index contributed by atoms with van der Waals surface area (Å²) >= 11 is 1.84. The van der Waals surface area contributed by atoms with E-state index in [2.05, 4.69) is 15.3 Å². The molecular formula is C15H16F3N3O3S. The zero-order valence-corrected chi connectivity index (χ0v) is 14.0. The van der Waals surface area contributed by atoms with Gasteiger partial charge in [-0.15, -0.1) is 11.8 Å². The Hall–Kier alpha value is -2.07. The summed E-state index contributed by atoms with van der Waals surface area (Å²) < 4.78 is 31.7. The van der Waals surface area contributed by atoms with E-state index in [0.29, 0.717) is 10.6 Å². The maximum atomic E-state index is 12.0. The molecule has 3 N–H and O–H groups in total. The molecule has 0 bridgehead atoms. The number of hydrogen-bond acceptors (Lipinski definition) is 5. The van der Waals surface area contributed by atoms with Crippen molar-refractivity contribution in [2.45, 2.75) is 24.1 Å². The third-order valence-corrected chi connectivity index (χ3v) is 4.67. The molecule has 2 heterocycles. The van der Waals surface area contributed by atoms with Crippen molar-refractivity contribution in [3.05, 3.63) is 39.9 Å². The summed E-state index contributed by atoms with van der Waals surface area (Å²) in [6.07, 6.45) is -5.08. The Balaban J connectivity index is 0.000000277. The Bertz CT molecular complexity index is 819. The summed E-state index contributed by atoms with van der Waals surface area (Å²) in [5, 5.41) is 11.7. The predicted octanol–water partition coefficient (Wildman–Crippen LogP) is 2.07. The zero-order chi connectivity index (χ0) is 18.6. The van der Waals surface area contributed by atoms with Crippen molar-refractivity contribution >= 4 is 28.6 Å². The Morgan fingerprint density at radius 2 is 2.04 bits per heavy atom. The van der Waals surface area contributed by atoms with E-state index in [4.69, 9.17) is 9.90 Å². The van der Waals surface area contributed by atoms with E-state index in [-0.39, 0.29) is 5.56 Å². The standard InChI is InChI=1S/C13H15N3OS.C2HF3O2/c1-8-3-2-4-10-12(8)15-11(16-13(10)17)7-18-9-5-14-6-9;3-2(4,5)1(6)7/h2-4,9,14H,5-7H2,1H3,(H,15,16,17);(H,6,7). The summed E-state index contributed by atoms with van der Waals surface area (Å²) in [7, 11) is 0. The predicted molar refractivity (Wildman–Crippen MR) is 88.7 cm³/mol. The van der Waals surface area contributed by atoms with Gasteiger partial charge in [-0.1, -0.05) is 12.1 Å². The Morgan fingerprint density at radius 1 is 1.40 bits per heavy atom. The molecule has 0 spiro atoms. The van der Waals surface area contributed by atoms with Crippen LogP contribution in [0.15, 0.2) is 23.0 Å². The van der Waals surface area contributed by atoms with E-state index in [1.165, 1.54) is 0 Å². The number of carboxylic acids is 1. The van der Waals surface area contributed by atoms with Gasteiger partial charge in [0.05, 0.1) is 16.7 Å². The molecule has 2 aromatic rings. The van der Waals surface area contributed by atoms with Crippen molar-refractivity contribution < 1.29 is 23.1 Å². The summed E-state index contributed by atoms with van der Waals surface area (Å²) in [6, 6.07) is 5.70. The van der Waals surface area contributed by atoms with Gasteiger partial charge in [0.2, 0.25) is 0 Å². The number of thioether (sulfide) groups is 1. The number of carboxylic acid groups (broad SMARTS) is 1. The smallest absolute Gasteiger partial charge is 0.475 e. The number of halogens is 3. The number of benzene rings is 1. The molecule has 1 aromatic heterocycles. The first kappa shape index (κ1) is 19.3. The lowest BCUT2D eigenvalue weighted by Gasteiger charge is -2.26. The molecule has 0 amide bonds. The van der Waals surface area contributed by atoms with Crippen LogP contribution in [0.4, 0.5) is 13.2 Å². The van der Waals surface area contributed by atoms with Crippen LogP contribution in [0.5, 0.6) is 0 Å². The average Bonchev–Trinajstić information content (AvgIpc) is 2.46. The number of nitrogens with one attached hydrogen (secondary N) is 2. The van der Waals surface area contributed by atoms with Crippen LogP contribution < -0.4 is 10.9 Å².